The average molecular weight is 360 g/mol. The summed E-state index contributed by atoms with van der Waals surface area (Å²) in [7, 11) is 1.36. The predicted octanol–water partition coefficient (Wildman–Crippen LogP) is 4.33. The molecule has 0 spiro atoms. The molecule has 2 aliphatic rings. The molecule has 0 saturated heterocycles. The number of aliphatic imine (C=N–C) groups is 1. The molecule has 0 N–H and O–H groups in total. The Morgan fingerprint density at radius 1 is 1.28 bits per heavy atom. The van der Waals surface area contributed by atoms with E-state index in [1.165, 1.54) is 7.11 Å². The van der Waals surface area contributed by atoms with Crippen molar-refractivity contribution in [1.29, 1.82) is 0 Å². The predicted molar refractivity (Wildman–Crippen MR) is 97.9 cm³/mol. The van der Waals surface area contributed by atoms with E-state index in [1.54, 1.807) is 6.07 Å². The zero-order valence-electron chi connectivity index (χ0n) is 14.9. The lowest BCUT2D eigenvalue weighted by molar-refractivity contribution is -0.143. The maximum Gasteiger partial charge on any atom is 0.315 e. The van der Waals surface area contributed by atoms with Crippen LogP contribution in [-0.2, 0) is 14.3 Å². The molecule has 0 amide bonds. The van der Waals surface area contributed by atoms with Crippen molar-refractivity contribution in [2.75, 3.05) is 7.11 Å². The molecule has 1 aromatic rings. The van der Waals surface area contributed by atoms with Gasteiger partial charge in [0.2, 0.25) is 0 Å². The fourth-order valence-electron chi connectivity index (χ4n) is 3.94. The van der Waals surface area contributed by atoms with Gasteiger partial charge in [0.05, 0.1) is 7.11 Å². The van der Waals surface area contributed by atoms with Gasteiger partial charge in [0, 0.05) is 34.3 Å². The van der Waals surface area contributed by atoms with Crippen molar-refractivity contribution in [3.63, 3.8) is 0 Å². The minimum absolute atomic E-state index is 0.0429. The van der Waals surface area contributed by atoms with Gasteiger partial charge in [-0.25, -0.2) is 0 Å². The van der Waals surface area contributed by atoms with Crippen LogP contribution in [-0.4, -0.2) is 24.6 Å². The number of carbonyl (C=O) groups excluding carboxylic acids is 2. The largest absolute Gasteiger partial charge is 0.468 e. The van der Waals surface area contributed by atoms with Crippen LogP contribution in [0.4, 0.5) is 0 Å². The third-order valence-corrected chi connectivity index (χ3v) is 5.34. The molecule has 1 unspecified atom stereocenters. The molecule has 0 fully saturated rings. The Balaban J connectivity index is 2.23. The standard InChI is InChI=1S/C20H22ClNO3/c1-11-16(19(24)25-4)17(12-7-5-6-8-13(12)21)18-14(22-11)9-20(2,3)10-15(18)23/h5-8,16-17H,9-10H2,1-4H3/t16?,17-/m0/s1. The smallest absolute Gasteiger partial charge is 0.315 e. The molecule has 4 nitrogen and oxygen atoms in total. The lowest BCUT2D eigenvalue weighted by Crippen LogP contribution is -2.39. The van der Waals surface area contributed by atoms with E-state index >= 15 is 0 Å². The van der Waals surface area contributed by atoms with Gasteiger partial charge in [0.1, 0.15) is 5.92 Å². The molecule has 0 bridgehead atoms. The highest BCUT2D eigenvalue weighted by atomic mass is 35.5. The second-order valence-electron chi connectivity index (χ2n) is 7.55. The van der Waals surface area contributed by atoms with Crippen LogP contribution in [0.1, 0.15) is 45.1 Å². The van der Waals surface area contributed by atoms with E-state index in [0.717, 1.165) is 11.3 Å². The number of carbonyl (C=O) groups is 2. The quantitative estimate of drug-likeness (QED) is 0.738. The molecule has 1 aromatic carbocycles. The van der Waals surface area contributed by atoms with Crippen molar-refractivity contribution in [3.8, 4) is 0 Å². The average Bonchev–Trinajstić information content (AvgIpc) is 2.52. The zero-order chi connectivity index (χ0) is 18.4. The lowest BCUT2D eigenvalue weighted by atomic mass is 9.67. The van der Waals surface area contributed by atoms with Crippen molar-refractivity contribution < 1.29 is 14.3 Å². The fraction of sp³-hybridized carbons (Fsp3) is 0.450. The van der Waals surface area contributed by atoms with Gasteiger partial charge in [0.25, 0.3) is 0 Å². The van der Waals surface area contributed by atoms with Gasteiger partial charge in [-0.2, -0.15) is 0 Å². The first-order valence-corrected chi connectivity index (χ1v) is 8.76. The topological polar surface area (TPSA) is 55.7 Å². The Labute approximate surface area is 152 Å². The second-order valence-corrected chi connectivity index (χ2v) is 7.96. The summed E-state index contributed by atoms with van der Waals surface area (Å²) in [6.07, 6.45) is 1.15. The number of hydrogen-bond acceptors (Lipinski definition) is 4. The summed E-state index contributed by atoms with van der Waals surface area (Å²) in [5, 5.41) is 0.542. The summed E-state index contributed by atoms with van der Waals surface area (Å²) in [4.78, 5) is 30.1. The van der Waals surface area contributed by atoms with Gasteiger partial charge < -0.3 is 4.74 Å². The minimum Gasteiger partial charge on any atom is -0.468 e. The van der Waals surface area contributed by atoms with Crippen LogP contribution in [0.25, 0.3) is 0 Å². The first-order valence-electron chi connectivity index (χ1n) is 8.39. The van der Waals surface area contributed by atoms with E-state index in [4.69, 9.17) is 16.3 Å². The number of allylic oxidation sites excluding steroid dienone is 2. The highest BCUT2D eigenvalue weighted by Gasteiger charge is 2.46. The summed E-state index contributed by atoms with van der Waals surface area (Å²) in [5.41, 5.74) is 2.70. The molecule has 25 heavy (non-hydrogen) atoms. The summed E-state index contributed by atoms with van der Waals surface area (Å²) in [6.45, 7) is 5.95. The number of ether oxygens (including phenoxy) is 1. The normalized spacial score (nSPS) is 25.3. The highest BCUT2D eigenvalue weighted by molar-refractivity contribution is 6.31. The third kappa shape index (κ3) is 3.15. The molecule has 0 radical (unpaired) electrons. The number of Topliss-reactive ketones (excluding diaryl/α,β-unsaturated/α-hetero) is 1. The Hall–Kier alpha value is -1.94. The molecule has 0 saturated carbocycles. The monoisotopic (exact) mass is 359 g/mol. The van der Waals surface area contributed by atoms with E-state index in [1.807, 2.05) is 25.1 Å². The van der Waals surface area contributed by atoms with Gasteiger partial charge in [-0.05, 0) is 30.4 Å². The van der Waals surface area contributed by atoms with E-state index in [-0.39, 0.29) is 11.2 Å². The minimum atomic E-state index is -0.631. The number of hydrogen-bond donors (Lipinski definition) is 0. The summed E-state index contributed by atoms with van der Waals surface area (Å²) in [6, 6.07) is 7.36. The van der Waals surface area contributed by atoms with Crippen LogP contribution in [0.3, 0.4) is 0 Å². The van der Waals surface area contributed by atoms with Gasteiger partial charge >= 0.3 is 5.97 Å². The number of rotatable bonds is 2. The van der Waals surface area contributed by atoms with Gasteiger partial charge in [-0.3, -0.25) is 14.6 Å². The molecule has 3 rings (SSSR count). The molecule has 1 heterocycles. The van der Waals surface area contributed by atoms with Crippen LogP contribution >= 0.6 is 11.6 Å². The molecule has 132 valence electrons. The van der Waals surface area contributed by atoms with E-state index in [9.17, 15) is 9.59 Å². The maximum atomic E-state index is 13.0. The van der Waals surface area contributed by atoms with Crippen LogP contribution < -0.4 is 0 Å². The summed E-state index contributed by atoms with van der Waals surface area (Å²) < 4.78 is 5.01. The van der Waals surface area contributed by atoms with Crippen molar-refractivity contribution in [3.05, 3.63) is 46.1 Å². The number of esters is 1. The Morgan fingerprint density at radius 2 is 1.96 bits per heavy atom. The lowest BCUT2D eigenvalue weighted by Gasteiger charge is -2.39. The van der Waals surface area contributed by atoms with Crippen molar-refractivity contribution in [2.45, 2.75) is 39.5 Å². The number of benzene rings is 1. The first kappa shape index (κ1) is 17.9. The van der Waals surface area contributed by atoms with Crippen molar-refractivity contribution in [1.82, 2.24) is 0 Å². The van der Waals surface area contributed by atoms with Crippen LogP contribution in [0.2, 0.25) is 5.02 Å². The van der Waals surface area contributed by atoms with E-state index in [2.05, 4.69) is 18.8 Å². The first-order chi connectivity index (χ1) is 11.7. The van der Waals surface area contributed by atoms with Crippen LogP contribution in [0, 0.1) is 11.3 Å². The van der Waals surface area contributed by atoms with Crippen LogP contribution in [0.15, 0.2) is 40.5 Å². The number of nitrogens with zero attached hydrogens (tertiary/aromatic N) is 1. The van der Waals surface area contributed by atoms with Gasteiger partial charge in [-0.1, -0.05) is 43.6 Å². The summed E-state index contributed by atoms with van der Waals surface area (Å²) >= 11 is 6.43. The van der Waals surface area contributed by atoms with E-state index < -0.39 is 17.8 Å². The third-order valence-electron chi connectivity index (χ3n) is 5.00. The molecule has 2 atom stereocenters. The number of methoxy groups -OCH3 is 1. The van der Waals surface area contributed by atoms with E-state index in [0.29, 0.717) is 29.1 Å². The van der Waals surface area contributed by atoms with Gasteiger partial charge in [-0.15, -0.1) is 0 Å². The molecule has 1 aliphatic carbocycles. The maximum absolute atomic E-state index is 13.0. The fourth-order valence-corrected chi connectivity index (χ4v) is 4.19. The Bertz CT molecular complexity index is 807. The second kappa shape index (κ2) is 6.41. The highest BCUT2D eigenvalue weighted by Crippen LogP contribution is 2.48. The number of ketones is 1. The Morgan fingerprint density at radius 3 is 2.60 bits per heavy atom. The van der Waals surface area contributed by atoms with Gasteiger partial charge in [0.15, 0.2) is 5.78 Å². The molecule has 5 heteroatoms. The molecular weight excluding hydrogens is 338 g/mol. The number of halogens is 1. The molecule has 1 aliphatic heterocycles. The SMILES string of the molecule is COC(=O)C1C(C)=NC2=C(C(=O)CC(C)(C)C2)[C@H]1c1ccccc1Cl. The molecular formula is C20H22ClNO3. The molecule has 0 aromatic heterocycles. The zero-order valence-corrected chi connectivity index (χ0v) is 15.7. The van der Waals surface area contributed by atoms with Crippen LogP contribution in [0.5, 0.6) is 0 Å². The summed E-state index contributed by atoms with van der Waals surface area (Å²) in [5.74, 6) is -1.43. The van der Waals surface area contributed by atoms with Crippen molar-refractivity contribution in [2.24, 2.45) is 16.3 Å². The Kier molecular flexibility index (Phi) is 4.58. The van der Waals surface area contributed by atoms with Crippen molar-refractivity contribution >= 4 is 29.1 Å².